The van der Waals surface area contributed by atoms with Crippen LogP contribution in [0.1, 0.15) is 45.7 Å². The van der Waals surface area contributed by atoms with Gasteiger partial charge < -0.3 is 24.7 Å². The van der Waals surface area contributed by atoms with Gasteiger partial charge in [0.2, 0.25) is 5.95 Å². The van der Waals surface area contributed by atoms with E-state index in [0.717, 1.165) is 62.9 Å². The molecular formula is C24H34N6O3S. The Labute approximate surface area is 205 Å². The second-order valence-corrected chi connectivity index (χ2v) is 11.5. The number of rotatable bonds is 6. The van der Waals surface area contributed by atoms with E-state index in [1.54, 1.807) is 12.4 Å². The van der Waals surface area contributed by atoms with Gasteiger partial charge >= 0.3 is 0 Å². The molecule has 0 aromatic carbocycles. The first kappa shape index (κ1) is 23.7. The zero-order chi connectivity index (χ0) is 23.9. The van der Waals surface area contributed by atoms with E-state index in [0.29, 0.717) is 28.2 Å². The summed E-state index contributed by atoms with van der Waals surface area (Å²) >= 11 is 1.41. The molecule has 0 bridgehead atoms. The van der Waals surface area contributed by atoms with Crippen LogP contribution in [-0.2, 0) is 11.3 Å². The summed E-state index contributed by atoms with van der Waals surface area (Å²) in [5.74, 6) is 1.65. The molecule has 3 fully saturated rings. The maximum atomic E-state index is 10.2. The van der Waals surface area contributed by atoms with E-state index in [9.17, 15) is 10.2 Å². The molecule has 3 aliphatic rings. The van der Waals surface area contributed by atoms with Crippen molar-refractivity contribution in [3.05, 3.63) is 24.2 Å². The normalized spacial score (nSPS) is 22.9. The van der Waals surface area contributed by atoms with Crippen LogP contribution < -0.4 is 9.80 Å². The molecule has 184 valence electrons. The number of aliphatic hydroxyl groups excluding tert-OH is 1. The number of nitrogens with zero attached hydrogens (tertiary/aromatic N) is 6. The van der Waals surface area contributed by atoms with Crippen LogP contribution in [0.5, 0.6) is 0 Å². The Morgan fingerprint density at radius 1 is 1.15 bits per heavy atom. The van der Waals surface area contributed by atoms with Gasteiger partial charge in [-0.3, -0.25) is 0 Å². The predicted molar refractivity (Wildman–Crippen MR) is 130 cm³/mol. The molecule has 3 saturated heterocycles. The van der Waals surface area contributed by atoms with Crippen molar-refractivity contribution in [1.29, 1.82) is 0 Å². The van der Waals surface area contributed by atoms with Crippen molar-refractivity contribution in [3.63, 3.8) is 0 Å². The Kier molecular flexibility index (Phi) is 6.43. The molecule has 1 spiro atoms. The molecule has 0 unspecified atom stereocenters. The standard InChI is InChI=1S/C24H34N6O3S/c1-16-10-24(15-33-16)5-8-29(9-6-24)21-18(14-31)27-20(11-26-21)34-19-4-7-25-22(28-19)30-12-17(13-30)23(2,3)32/h4,7,11,16-17,31-32H,5-6,8-10,12-15H2,1-3H3/t16-/m0/s1. The molecular weight excluding hydrogens is 452 g/mol. The van der Waals surface area contributed by atoms with E-state index in [2.05, 4.69) is 26.7 Å². The molecule has 0 radical (unpaired) electrons. The van der Waals surface area contributed by atoms with Crippen molar-refractivity contribution in [2.75, 3.05) is 42.6 Å². The number of aliphatic hydroxyl groups is 2. The van der Waals surface area contributed by atoms with E-state index in [4.69, 9.17) is 14.7 Å². The Morgan fingerprint density at radius 3 is 2.56 bits per heavy atom. The molecule has 0 amide bonds. The molecule has 3 aliphatic heterocycles. The Bertz CT molecular complexity index is 1020. The molecule has 2 aromatic heterocycles. The molecule has 34 heavy (non-hydrogen) atoms. The average molecular weight is 487 g/mol. The Hall–Kier alpha value is -2.01. The lowest BCUT2D eigenvalue weighted by Crippen LogP contribution is -2.56. The number of hydrogen-bond donors (Lipinski definition) is 2. The van der Waals surface area contributed by atoms with E-state index in [1.807, 2.05) is 19.9 Å². The fourth-order valence-corrected chi connectivity index (χ4v) is 5.88. The van der Waals surface area contributed by atoms with Crippen LogP contribution >= 0.6 is 11.8 Å². The summed E-state index contributed by atoms with van der Waals surface area (Å²) in [5, 5.41) is 21.7. The summed E-state index contributed by atoms with van der Waals surface area (Å²) in [6, 6.07) is 1.85. The van der Waals surface area contributed by atoms with Crippen molar-refractivity contribution >= 4 is 23.5 Å². The third-order valence-electron chi connectivity index (χ3n) is 7.46. The highest BCUT2D eigenvalue weighted by Crippen LogP contribution is 2.42. The lowest BCUT2D eigenvalue weighted by molar-refractivity contribution is 0.00413. The van der Waals surface area contributed by atoms with Gasteiger partial charge in [-0.1, -0.05) is 0 Å². The predicted octanol–water partition coefficient (Wildman–Crippen LogP) is 2.51. The minimum atomic E-state index is -0.695. The number of piperidine rings is 1. The largest absolute Gasteiger partial charge is 0.390 e. The highest BCUT2D eigenvalue weighted by Gasteiger charge is 2.41. The van der Waals surface area contributed by atoms with Crippen molar-refractivity contribution in [3.8, 4) is 0 Å². The molecule has 1 atom stereocenters. The molecule has 10 heteroatoms. The Morgan fingerprint density at radius 2 is 1.91 bits per heavy atom. The number of hydrogen-bond acceptors (Lipinski definition) is 10. The maximum Gasteiger partial charge on any atom is 0.226 e. The fraction of sp³-hybridized carbons (Fsp3) is 0.667. The summed E-state index contributed by atoms with van der Waals surface area (Å²) in [6.07, 6.45) is 7.14. The summed E-state index contributed by atoms with van der Waals surface area (Å²) < 4.78 is 5.84. The maximum absolute atomic E-state index is 10.2. The second kappa shape index (κ2) is 9.22. The quantitative estimate of drug-likeness (QED) is 0.591. The van der Waals surface area contributed by atoms with E-state index < -0.39 is 5.60 Å². The summed E-state index contributed by atoms with van der Waals surface area (Å²) in [5.41, 5.74) is 0.202. The number of ether oxygens (including phenoxy) is 1. The Balaban J connectivity index is 1.24. The van der Waals surface area contributed by atoms with Crippen molar-refractivity contribution < 1.29 is 14.9 Å². The van der Waals surface area contributed by atoms with E-state index >= 15 is 0 Å². The molecule has 5 heterocycles. The van der Waals surface area contributed by atoms with Gasteiger partial charge in [0, 0.05) is 38.3 Å². The number of anilines is 2. The molecule has 0 aliphatic carbocycles. The summed E-state index contributed by atoms with van der Waals surface area (Å²) in [7, 11) is 0. The van der Waals surface area contributed by atoms with Gasteiger partial charge in [0.05, 0.1) is 31.1 Å². The van der Waals surface area contributed by atoms with Crippen LogP contribution in [0.4, 0.5) is 11.8 Å². The lowest BCUT2D eigenvalue weighted by Gasteiger charge is -2.45. The third-order valence-corrected chi connectivity index (χ3v) is 8.30. The highest BCUT2D eigenvalue weighted by atomic mass is 32.2. The minimum Gasteiger partial charge on any atom is -0.390 e. The van der Waals surface area contributed by atoms with Gasteiger partial charge in [-0.15, -0.1) is 0 Å². The molecule has 2 N–H and O–H groups in total. The first-order valence-electron chi connectivity index (χ1n) is 12.1. The number of aromatic nitrogens is 4. The summed E-state index contributed by atoms with van der Waals surface area (Å²) in [4.78, 5) is 22.8. The molecule has 0 saturated carbocycles. The van der Waals surface area contributed by atoms with Gasteiger partial charge in [-0.2, -0.15) is 0 Å². The first-order chi connectivity index (χ1) is 16.2. The monoisotopic (exact) mass is 486 g/mol. The van der Waals surface area contributed by atoms with Gasteiger partial charge in [-0.25, -0.2) is 19.9 Å². The SMILES string of the molecule is C[C@H]1CC2(CCN(c3ncc(Sc4ccnc(N5CC(C(C)(C)O)C5)n4)nc3CO)CC2)CO1. The third kappa shape index (κ3) is 4.86. The average Bonchev–Trinajstić information content (AvgIpc) is 3.12. The minimum absolute atomic E-state index is 0.153. The zero-order valence-corrected chi connectivity index (χ0v) is 21.0. The van der Waals surface area contributed by atoms with Crippen LogP contribution in [0, 0.1) is 11.3 Å². The second-order valence-electron chi connectivity index (χ2n) is 10.5. The zero-order valence-electron chi connectivity index (χ0n) is 20.1. The molecule has 9 nitrogen and oxygen atoms in total. The highest BCUT2D eigenvalue weighted by molar-refractivity contribution is 7.99. The van der Waals surface area contributed by atoms with Crippen LogP contribution in [0.2, 0.25) is 0 Å². The molecule has 2 aromatic rings. The first-order valence-corrected chi connectivity index (χ1v) is 12.9. The summed E-state index contributed by atoms with van der Waals surface area (Å²) in [6.45, 7) is 9.83. The van der Waals surface area contributed by atoms with Crippen LogP contribution in [-0.4, -0.2) is 74.6 Å². The van der Waals surface area contributed by atoms with Gasteiger partial charge in [-0.05, 0) is 63.3 Å². The molecule has 5 rings (SSSR count). The lowest BCUT2D eigenvalue weighted by atomic mass is 9.77. The van der Waals surface area contributed by atoms with Gasteiger partial charge in [0.25, 0.3) is 0 Å². The fourth-order valence-electron chi connectivity index (χ4n) is 5.15. The van der Waals surface area contributed by atoms with Gasteiger partial charge in [0.15, 0.2) is 5.82 Å². The van der Waals surface area contributed by atoms with Crippen molar-refractivity contribution in [1.82, 2.24) is 19.9 Å². The van der Waals surface area contributed by atoms with Crippen LogP contribution in [0.3, 0.4) is 0 Å². The van der Waals surface area contributed by atoms with Crippen molar-refractivity contribution in [2.45, 2.75) is 68.4 Å². The van der Waals surface area contributed by atoms with E-state index in [1.165, 1.54) is 11.8 Å². The smallest absolute Gasteiger partial charge is 0.226 e. The van der Waals surface area contributed by atoms with Crippen LogP contribution in [0.25, 0.3) is 0 Å². The van der Waals surface area contributed by atoms with Crippen molar-refractivity contribution in [2.24, 2.45) is 11.3 Å². The van der Waals surface area contributed by atoms with E-state index in [-0.39, 0.29) is 12.5 Å². The topological polar surface area (TPSA) is 108 Å². The van der Waals surface area contributed by atoms with Crippen LogP contribution in [0.15, 0.2) is 28.5 Å². The van der Waals surface area contributed by atoms with Gasteiger partial charge in [0.1, 0.15) is 15.7 Å².